The fraction of sp³-hybridized carbons (Fsp3) is 0.500. The molecule has 7 nitrogen and oxygen atoms in total. The van der Waals surface area contributed by atoms with Crippen LogP contribution in [0.2, 0.25) is 5.02 Å². The van der Waals surface area contributed by atoms with Gasteiger partial charge in [0, 0.05) is 31.4 Å². The Balaban J connectivity index is 1.72. The molecule has 1 saturated heterocycles. The number of likely N-dealkylation sites (tertiary alicyclic amines) is 1. The van der Waals surface area contributed by atoms with Crippen LogP contribution < -0.4 is 5.32 Å². The van der Waals surface area contributed by atoms with Crippen LogP contribution in [0.1, 0.15) is 56.7 Å². The highest BCUT2D eigenvalue weighted by Crippen LogP contribution is 2.29. The second-order valence-electron chi connectivity index (χ2n) is 8.68. The number of aromatic nitrogens is 2. The molecule has 2 amide bonds. The molecule has 162 valence electrons. The molecule has 1 atom stereocenters. The molecule has 1 unspecified atom stereocenters. The van der Waals surface area contributed by atoms with Gasteiger partial charge in [-0.2, -0.15) is 5.10 Å². The van der Waals surface area contributed by atoms with Gasteiger partial charge in [-0.15, -0.1) is 0 Å². The van der Waals surface area contributed by atoms with E-state index in [1.54, 1.807) is 54.6 Å². The van der Waals surface area contributed by atoms with Crippen molar-refractivity contribution in [2.75, 3.05) is 13.1 Å². The summed E-state index contributed by atoms with van der Waals surface area (Å²) in [6, 6.07) is 6.13. The molecule has 0 aliphatic carbocycles. The van der Waals surface area contributed by atoms with Crippen LogP contribution in [0.5, 0.6) is 0 Å². The van der Waals surface area contributed by atoms with E-state index in [-0.39, 0.29) is 5.91 Å². The zero-order valence-corrected chi connectivity index (χ0v) is 18.6. The van der Waals surface area contributed by atoms with Crippen molar-refractivity contribution in [3.05, 3.63) is 52.8 Å². The van der Waals surface area contributed by atoms with Gasteiger partial charge in [-0.25, -0.2) is 4.79 Å². The SMILES string of the molecule is Cn1cc(C2CCN(C(=O)C(NC(=O)OC(C)(C)C)c3cccc(Cl)c3)CC2)cn1. The maximum absolute atomic E-state index is 13.4. The molecule has 1 aromatic carbocycles. The van der Waals surface area contributed by atoms with Crippen molar-refractivity contribution < 1.29 is 14.3 Å². The summed E-state index contributed by atoms with van der Waals surface area (Å²) < 4.78 is 7.17. The van der Waals surface area contributed by atoms with Gasteiger partial charge in [0.1, 0.15) is 11.6 Å². The Kier molecular flexibility index (Phi) is 6.71. The first-order chi connectivity index (χ1) is 14.1. The van der Waals surface area contributed by atoms with Crippen LogP contribution in [-0.2, 0) is 16.6 Å². The predicted octanol–water partition coefficient (Wildman–Crippen LogP) is 4.05. The molecule has 0 bridgehead atoms. The summed E-state index contributed by atoms with van der Waals surface area (Å²) in [4.78, 5) is 27.6. The van der Waals surface area contributed by atoms with Gasteiger partial charge in [-0.3, -0.25) is 9.48 Å². The lowest BCUT2D eigenvalue weighted by molar-refractivity contribution is -0.134. The molecule has 0 spiro atoms. The third kappa shape index (κ3) is 5.75. The smallest absolute Gasteiger partial charge is 0.408 e. The number of halogens is 1. The predicted molar refractivity (Wildman–Crippen MR) is 115 cm³/mol. The topological polar surface area (TPSA) is 76.5 Å². The average Bonchev–Trinajstić information content (AvgIpc) is 3.11. The van der Waals surface area contributed by atoms with Crippen LogP contribution in [0.4, 0.5) is 4.79 Å². The van der Waals surface area contributed by atoms with Gasteiger partial charge >= 0.3 is 6.09 Å². The molecular weight excluding hydrogens is 404 g/mol. The number of alkyl carbamates (subject to hydrolysis) is 1. The molecule has 0 saturated carbocycles. The van der Waals surface area contributed by atoms with Crippen molar-refractivity contribution in [1.82, 2.24) is 20.0 Å². The number of carbonyl (C=O) groups is 2. The van der Waals surface area contributed by atoms with Crippen LogP contribution in [-0.4, -0.2) is 45.4 Å². The van der Waals surface area contributed by atoms with E-state index in [1.807, 2.05) is 19.4 Å². The van der Waals surface area contributed by atoms with Crippen LogP contribution >= 0.6 is 11.6 Å². The fourth-order valence-electron chi connectivity index (χ4n) is 3.67. The Labute approximate surface area is 182 Å². The number of nitrogens with zero attached hydrogens (tertiary/aromatic N) is 3. The highest BCUT2D eigenvalue weighted by molar-refractivity contribution is 6.30. The summed E-state index contributed by atoms with van der Waals surface area (Å²) in [5.41, 5.74) is 1.17. The summed E-state index contributed by atoms with van der Waals surface area (Å²) >= 11 is 6.13. The van der Waals surface area contributed by atoms with E-state index in [1.165, 1.54) is 5.56 Å². The van der Waals surface area contributed by atoms with E-state index >= 15 is 0 Å². The van der Waals surface area contributed by atoms with E-state index in [9.17, 15) is 9.59 Å². The first kappa shape index (κ1) is 22.2. The minimum atomic E-state index is -0.853. The summed E-state index contributed by atoms with van der Waals surface area (Å²) in [5.74, 6) is 0.221. The van der Waals surface area contributed by atoms with Gasteiger partial charge in [0.25, 0.3) is 0 Å². The van der Waals surface area contributed by atoms with Crippen molar-refractivity contribution in [2.45, 2.75) is 51.2 Å². The van der Waals surface area contributed by atoms with E-state index < -0.39 is 17.7 Å². The van der Waals surface area contributed by atoms with Gasteiger partial charge in [0.2, 0.25) is 5.91 Å². The monoisotopic (exact) mass is 432 g/mol. The lowest BCUT2D eigenvalue weighted by atomic mass is 9.91. The molecule has 1 fully saturated rings. The lowest BCUT2D eigenvalue weighted by Gasteiger charge is -2.34. The normalized spacial score (nSPS) is 16.2. The van der Waals surface area contributed by atoms with Crippen LogP contribution in [0, 0.1) is 0 Å². The largest absolute Gasteiger partial charge is 0.444 e. The number of hydrogen-bond acceptors (Lipinski definition) is 4. The summed E-state index contributed by atoms with van der Waals surface area (Å²) in [5, 5.41) is 7.49. The average molecular weight is 433 g/mol. The minimum absolute atomic E-state index is 0.159. The Hall–Kier alpha value is -2.54. The van der Waals surface area contributed by atoms with Crippen molar-refractivity contribution in [1.29, 1.82) is 0 Å². The fourth-order valence-corrected chi connectivity index (χ4v) is 3.86. The van der Waals surface area contributed by atoms with Crippen molar-refractivity contribution in [3.8, 4) is 0 Å². The maximum Gasteiger partial charge on any atom is 0.408 e. The molecule has 0 radical (unpaired) electrons. The molecule has 30 heavy (non-hydrogen) atoms. The number of aryl methyl sites for hydroxylation is 1. The van der Waals surface area contributed by atoms with Gasteiger partial charge < -0.3 is 15.0 Å². The molecule has 1 aliphatic heterocycles. The quantitative estimate of drug-likeness (QED) is 0.790. The Morgan fingerprint density at radius 2 is 1.97 bits per heavy atom. The number of piperidine rings is 1. The third-order valence-electron chi connectivity index (χ3n) is 5.09. The summed E-state index contributed by atoms with van der Waals surface area (Å²) in [6.07, 6.45) is 4.99. The number of amides is 2. The minimum Gasteiger partial charge on any atom is -0.444 e. The Bertz CT molecular complexity index is 898. The Morgan fingerprint density at radius 3 is 2.53 bits per heavy atom. The molecule has 8 heteroatoms. The van der Waals surface area contributed by atoms with Crippen LogP contribution in [0.3, 0.4) is 0 Å². The second kappa shape index (κ2) is 9.08. The first-order valence-corrected chi connectivity index (χ1v) is 10.5. The molecule has 1 N–H and O–H groups in total. The molecule has 2 aromatic rings. The molecular formula is C22H29ClN4O3. The van der Waals surface area contributed by atoms with Crippen molar-refractivity contribution in [3.63, 3.8) is 0 Å². The summed E-state index contributed by atoms with van der Waals surface area (Å²) in [6.45, 7) is 6.58. The molecule has 1 aliphatic rings. The number of carbonyl (C=O) groups excluding carboxylic acids is 2. The van der Waals surface area contributed by atoms with E-state index in [2.05, 4.69) is 10.4 Å². The molecule has 2 heterocycles. The molecule has 1 aromatic heterocycles. The van der Waals surface area contributed by atoms with Crippen molar-refractivity contribution in [2.24, 2.45) is 7.05 Å². The van der Waals surface area contributed by atoms with Gasteiger partial charge in [0.05, 0.1) is 6.20 Å². The number of rotatable bonds is 4. The number of hydrogen-bond donors (Lipinski definition) is 1. The van der Waals surface area contributed by atoms with Crippen LogP contribution in [0.15, 0.2) is 36.7 Å². The number of benzene rings is 1. The number of ether oxygens (including phenoxy) is 1. The number of nitrogens with one attached hydrogen (secondary N) is 1. The summed E-state index contributed by atoms with van der Waals surface area (Å²) in [7, 11) is 1.90. The standard InChI is InChI=1S/C22H29ClN4O3/c1-22(2,3)30-21(29)25-19(16-6-5-7-18(23)12-16)20(28)27-10-8-15(9-11-27)17-13-24-26(4)14-17/h5-7,12-15,19H,8-11H2,1-4H3,(H,25,29). The zero-order chi connectivity index (χ0) is 21.9. The Morgan fingerprint density at radius 1 is 1.27 bits per heavy atom. The molecule has 3 rings (SSSR count). The van der Waals surface area contributed by atoms with E-state index in [4.69, 9.17) is 16.3 Å². The highest BCUT2D eigenvalue weighted by Gasteiger charge is 2.32. The van der Waals surface area contributed by atoms with Gasteiger partial charge in [-0.1, -0.05) is 23.7 Å². The van der Waals surface area contributed by atoms with Crippen molar-refractivity contribution >= 4 is 23.6 Å². The van der Waals surface area contributed by atoms with Gasteiger partial charge in [-0.05, 0) is 62.8 Å². The second-order valence-corrected chi connectivity index (χ2v) is 9.12. The van der Waals surface area contributed by atoms with Crippen LogP contribution in [0.25, 0.3) is 0 Å². The highest BCUT2D eigenvalue weighted by atomic mass is 35.5. The maximum atomic E-state index is 13.4. The lowest BCUT2D eigenvalue weighted by Crippen LogP contribution is -2.46. The van der Waals surface area contributed by atoms with Gasteiger partial charge in [0.15, 0.2) is 0 Å². The zero-order valence-electron chi connectivity index (χ0n) is 17.9. The third-order valence-corrected chi connectivity index (χ3v) is 5.33. The van der Waals surface area contributed by atoms with E-state index in [0.717, 1.165) is 12.8 Å². The first-order valence-electron chi connectivity index (χ1n) is 10.1. The van der Waals surface area contributed by atoms with E-state index in [0.29, 0.717) is 29.6 Å².